The second-order valence-electron chi connectivity index (χ2n) is 5.63. The minimum absolute atomic E-state index is 0.0358. The van der Waals surface area contributed by atoms with Crippen LogP contribution in [0.15, 0.2) is 28.7 Å². The summed E-state index contributed by atoms with van der Waals surface area (Å²) in [4.78, 5) is 26.2. The Balaban J connectivity index is 1.91. The van der Waals surface area contributed by atoms with E-state index in [4.69, 9.17) is 0 Å². The number of anilines is 1. The van der Waals surface area contributed by atoms with E-state index in [1.165, 1.54) is 4.90 Å². The number of carbonyl (C=O) groups is 2. The Morgan fingerprint density at radius 3 is 2.16 bits per heavy atom. The van der Waals surface area contributed by atoms with E-state index in [9.17, 15) is 9.59 Å². The quantitative estimate of drug-likeness (QED) is 0.740. The zero-order valence-corrected chi connectivity index (χ0v) is 12.3. The van der Waals surface area contributed by atoms with Crippen molar-refractivity contribution in [1.29, 1.82) is 0 Å². The van der Waals surface area contributed by atoms with Gasteiger partial charge in [0.2, 0.25) is 11.8 Å². The summed E-state index contributed by atoms with van der Waals surface area (Å²) in [7, 11) is 0. The molecule has 1 aromatic rings. The highest BCUT2D eigenvalue weighted by Crippen LogP contribution is 2.48. The maximum atomic E-state index is 12.4. The van der Waals surface area contributed by atoms with Crippen LogP contribution in [0.2, 0.25) is 0 Å². The molecule has 3 nitrogen and oxygen atoms in total. The first-order valence-electron chi connectivity index (χ1n) is 6.72. The Bertz CT molecular complexity index is 515. The van der Waals surface area contributed by atoms with Gasteiger partial charge in [0.05, 0.1) is 5.69 Å². The standard InChI is InChI=1S/C15H16BrNO2/c16-11-5-1-2-6-12(11)17-13(18)9-15(10-14(17)19)7-3-4-8-15/h1-2,5-6H,3-4,7-10H2. The van der Waals surface area contributed by atoms with Crippen LogP contribution in [-0.2, 0) is 9.59 Å². The molecule has 0 atom stereocenters. The van der Waals surface area contributed by atoms with Crippen LogP contribution < -0.4 is 4.90 Å². The van der Waals surface area contributed by atoms with Gasteiger partial charge in [0, 0.05) is 17.3 Å². The van der Waals surface area contributed by atoms with Crippen molar-refractivity contribution >= 4 is 33.4 Å². The molecule has 0 unspecified atom stereocenters. The molecule has 1 heterocycles. The van der Waals surface area contributed by atoms with Crippen LogP contribution in [-0.4, -0.2) is 11.8 Å². The van der Waals surface area contributed by atoms with Crippen molar-refractivity contribution in [3.63, 3.8) is 0 Å². The Kier molecular flexibility index (Phi) is 3.21. The summed E-state index contributed by atoms with van der Waals surface area (Å²) in [6.07, 6.45) is 5.37. The van der Waals surface area contributed by atoms with Crippen LogP contribution in [0.4, 0.5) is 5.69 Å². The van der Waals surface area contributed by atoms with E-state index >= 15 is 0 Å². The Morgan fingerprint density at radius 2 is 1.58 bits per heavy atom. The molecule has 100 valence electrons. The topological polar surface area (TPSA) is 37.4 Å². The van der Waals surface area contributed by atoms with Crippen LogP contribution in [0, 0.1) is 5.41 Å². The Hall–Kier alpha value is -1.16. The highest BCUT2D eigenvalue weighted by molar-refractivity contribution is 9.10. The van der Waals surface area contributed by atoms with E-state index in [0.29, 0.717) is 18.5 Å². The van der Waals surface area contributed by atoms with Crippen LogP contribution >= 0.6 is 15.9 Å². The van der Waals surface area contributed by atoms with Gasteiger partial charge in [-0.2, -0.15) is 0 Å². The van der Waals surface area contributed by atoms with E-state index in [1.807, 2.05) is 24.3 Å². The third-order valence-corrected chi connectivity index (χ3v) is 4.98. The first-order chi connectivity index (χ1) is 9.11. The molecule has 1 aliphatic heterocycles. The van der Waals surface area contributed by atoms with Gasteiger partial charge < -0.3 is 0 Å². The predicted octanol–water partition coefficient (Wildman–Crippen LogP) is 3.66. The number of benzene rings is 1. The number of rotatable bonds is 1. The fourth-order valence-corrected chi connectivity index (χ4v) is 3.84. The first-order valence-corrected chi connectivity index (χ1v) is 7.51. The molecule has 0 bridgehead atoms. The molecule has 0 aromatic heterocycles. The third-order valence-electron chi connectivity index (χ3n) is 4.31. The number of para-hydroxylation sites is 1. The fraction of sp³-hybridized carbons (Fsp3) is 0.467. The van der Waals surface area contributed by atoms with Crippen LogP contribution in [0.3, 0.4) is 0 Å². The first kappa shape index (κ1) is 12.9. The number of piperidine rings is 1. The molecular weight excluding hydrogens is 306 g/mol. The zero-order valence-electron chi connectivity index (χ0n) is 10.7. The van der Waals surface area contributed by atoms with E-state index in [2.05, 4.69) is 15.9 Å². The maximum Gasteiger partial charge on any atom is 0.234 e. The van der Waals surface area contributed by atoms with Crippen molar-refractivity contribution in [3.8, 4) is 0 Å². The summed E-state index contributed by atoms with van der Waals surface area (Å²) in [5.41, 5.74) is 0.636. The van der Waals surface area contributed by atoms with Crippen molar-refractivity contribution < 1.29 is 9.59 Å². The lowest BCUT2D eigenvalue weighted by Crippen LogP contribution is -2.47. The summed E-state index contributed by atoms with van der Waals surface area (Å²) in [5.74, 6) is -0.102. The number of imide groups is 1. The highest BCUT2D eigenvalue weighted by atomic mass is 79.9. The van der Waals surface area contributed by atoms with Crippen molar-refractivity contribution in [2.45, 2.75) is 38.5 Å². The third kappa shape index (κ3) is 2.22. The van der Waals surface area contributed by atoms with Gasteiger partial charge in [0.25, 0.3) is 0 Å². The summed E-state index contributed by atoms with van der Waals surface area (Å²) in [6.45, 7) is 0. The van der Waals surface area contributed by atoms with Gasteiger partial charge in [-0.05, 0) is 46.3 Å². The van der Waals surface area contributed by atoms with Gasteiger partial charge in [-0.1, -0.05) is 25.0 Å². The molecule has 1 saturated carbocycles. The molecule has 0 N–H and O–H groups in total. The lowest BCUT2D eigenvalue weighted by atomic mass is 9.76. The van der Waals surface area contributed by atoms with Gasteiger partial charge >= 0.3 is 0 Å². The SMILES string of the molecule is O=C1CC2(CCCC2)CC(=O)N1c1ccccc1Br. The van der Waals surface area contributed by atoms with Gasteiger partial charge in [0.15, 0.2) is 0 Å². The van der Waals surface area contributed by atoms with Gasteiger partial charge in [-0.3, -0.25) is 9.59 Å². The molecule has 19 heavy (non-hydrogen) atoms. The molecule has 1 aliphatic carbocycles. The molecule has 2 fully saturated rings. The monoisotopic (exact) mass is 321 g/mol. The van der Waals surface area contributed by atoms with Crippen molar-refractivity contribution in [2.75, 3.05) is 4.90 Å². The summed E-state index contributed by atoms with van der Waals surface area (Å²) in [6, 6.07) is 7.40. The average Bonchev–Trinajstić information content (AvgIpc) is 2.78. The van der Waals surface area contributed by atoms with E-state index in [1.54, 1.807) is 0 Å². The average molecular weight is 322 g/mol. The summed E-state index contributed by atoms with van der Waals surface area (Å²) in [5, 5.41) is 0. The molecule has 1 aromatic carbocycles. The van der Waals surface area contributed by atoms with Crippen LogP contribution in [0.25, 0.3) is 0 Å². The number of amides is 2. The lowest BCUT2D eigenvalue weighted by Gasteiger charge is -2.37. The molecule has 1 saturated heterocycles. The molecule has 4 heteroatoms. The van der Waals surface area contributed by atoms with Crippen molar-refractivity contribution in [2.24, 2.45) is 5.41 Å². The molecule has 0 radical (unpaired) electrons. The lowest BCUT2D eigenvalue weighted by molar-refractivity contribution is -0.133. The number of hydrogen-bond acceptors (Lipinski definition) is 2. The molecule has 2 amide bonds. The highest BCUT2D eigenvalue weighted by Gasteiger charge is 2.45. The second-order valence-corrected chi connectivity index (χ2v) is 6.49. The van der Waals surface area contributed by atoms with E-state index in [0.717, 1.165) is 30.2 Å². The minimum Gasteiger partial charge on any atom is -0.274 e. The summed E-state index contributed by atoms with van der Waals surface area (Å²) < 4.78 is 0.791. The van der Waals surface area contributed by atoms with Gasteiger partial charge in [-0.15, -0.1) is 0 Å². The van der Waals surface area contributed by atoms with Crippen molar-refractivity contribution in [3.05, 3.63) is 28.7 Å². The molecule has 1 spiro atoms. The predicted molar refractivity (Wildman–Crippen MR) is 76.8 cm³/mol. The van der Waals surface area contributed by atoms with Crippen molar-refractivity contribution in [1.82, 2.24) is 0 Å². The Labute approximate surface area is 121 Å². The Morgan fingerprint density at radius 1 is 1.00 bits per heavy atom. The molecule has 3 rings (SSSR count). The van der Waals surface area contributed by atoms with Crippen LogP contribution in [0.1, 0.15) is 38.5 Å². The maximum absolute atomic E-state index is 12.4. The number of carbonyl (C=O) groups excluding carboxylic acids is 2. The fourth-order valence-electron chi connectivity index (χ4n) is 3.38. The largest absolute Gasteiger partial charge is 0.274 e. The smallest absolute Gasteiger partial charge is 0.234 e. The number of halogens is 1. The van der Waals surface area contributed by atoms with E-state index < -0.39 is 0 Å². The normalized spacial score (nSPS) is 22.3. The van der Waals surface area contributed by atoms with E-state index in [-0.39, 0.29) is 17.2 Å². The molecule has 2 aliphatic rings. The second kappa shape index (κ2) is 4.75. The minimum atomic E-state index is -0.0509. The zero-order chi connectivity index (χ0) is 13.5. The number of nitrogens with zero attached hydrogens (tertiary/aromatic N) is 1. The van der Waals surface area contributed by atoms with Crippen LogP contribution in [0.5, 0.6) is 0 Å². The number of hydrogen-bond donors (Lipinski definition) is 0. The molecular formula is C15H16BrNO2. The van der Waals surface area contributed by atoms with Gasteiger partial charge in [-0.25, -0.2) is 4.90 Å². The van der Waals surface area contributed by atoms with Gasteiger partial charge in [0.1, 0.15) is 0 Å². The summed E-state index contributed by atoms with van der Waals surface area (Å²) >= 11 is 3.42.